The number of carbonyl (C=O) groups is 1. The minimum Gasteiger partial charge on any atom is -0.380 e. The Morgan fingerprint density at radius 2 is 2.29 bits per heavy atom. The van der Waals surface area contributed by atoms with Gasteiger partial charge in [-0.3, -0.25) is 4.79 Å². The highest BCUT2D eigenvalue weighted by Crippen LogP contribution is 2.06. The second-order valence-electron chi connectivity index (χ2n) is 4.16. The van der Waals surface area contributed by atoms with Gasteiger partial charge in [-0.15, -0.1) is 0 Å². The molecule has 0 aliphatic carbocycles. The Balaban J connectivity index is 2.53. The molecule has 0 saturated heterocycles. The number of methoxy groups -OCH3 is 1. The Morgan fingerprint density at radius 3 is 2.94 bits per heavy atom. The first-order chi connectivity index (χ1) is 8.13. The number of carbonyl (C=O) groups excluding carboxylic acids is 1. The van der Waals surface area contributed by atoms with E-state index in [1.807, 2.05) is 25.1 Å². The van der Waals surface area contributed by atoms with Gasteiger partial charge >= 0.3 is 0 Å². The summed E-state index contributed by atoms with van der Waals surface area (Å²) < 4.78 is 5.03. The summed E-state index contributed by atoms with van der Waals surface area (Å²) in [5, 5.41) is 2.84. The van der Waals surface area contributed by atoms with E-state index >= 15 is 0 Å². The van der Waals surface area contributed by atoms with Crippen LogP contribution in [0.1, 0.15) is 29.3 Å². The summed E-state index contributed by atoms with van der Waals surface area (Å²) in [7, 11) is 1.63. The van der Waals surface area contributed by atoms with Gasteiger partial charge in [-0.25, -0.2) is 0 Å². The number of rotatable bonds is 6. The minimum atomic E-state index is -0.0661. The quantitative estimate of drug-likeness (QED) is 0.782. The first-order valence-corrected chi connectivity index (χ1v) is 5.75. The topological polar surface area (TPSA) is 64.3 Å². The van der Waals surface area contributed by atoms with E-state index in [1.165, 1.54) is 0 Å². The molecule has 0 aliphatic heterocycles. The minimum absolute atomic E-state index is 0.0661. The zero-order valence-electron chi connectivity index (χ0n) is 10.4. The molecule has 3 N–H and O–H groups in total. The second-order valence-corrected chi connectivity index (χ2v) is 4.16. The standard InChI is InChI=1S/C13H20N2O2/c1-10(14)6-7-15-13(16)12-5-3-4-11(8-12)9-17-2/h3-5,8,10H,6-7,9,14H2,1-2H3,(H,15,16). The molecule has 0 fully saturated rings. The van der Waals surface area contributed by atoms with Crippen LogP contribution in [-0.4, -0.2) is 25.6 Å². The summed E-state index contributed by atoms with van der Waals surface area (Å²) in [5.41, 5.74) is 7.26. The van der Waals surface area contributed by atoms with E-state index in [0.717, 1.165) is 12.0 Å². The van der Waals surface area contributed by atoms with Gasteiger partial charge in [0.1, 0.15) is 0 Å². The lowest BCUT2D eigenvalue weighted by atomic mass is 10.1. The molecule has 1 aromatic rings. The number of benzene rings is 1. The van der Waals surface area contributed by atoms with Crippen LogP contribution in [0, 0.1) is 0 Å². The van der Waals surface area contributed by atoms with Gasteiger partial charge in [0.15, 0.2) is 0 Å². The van der Waals surface area contributed by atoms with Crippen LogP contribution in [0.4, 0.5) is 0 Å². The van der Waals surface area contributed by atoms with Gasteiger partial charge in [0.05, 0.1) is 6.61 Å². The first-order valence-electron chi connectivity index (χ1n) is 5.75. The van der Waals surface area contributed by atoms with Crippen molar-refractivity contribution < 1.29 is 9.53 Å². The van der Waals surface area contributed by atoms with E-state index in [4.69, 9.17) is 10.5 Å². The third kappa shape index (κ3) is 4.97. The third-order valence-electron chi connectivity index (χ3n) is 2.39. The largest absolute Gasteiger partial charge is 0.380 e. The summed E-state index contributed by atoms with van der Waals surface area (Å²) in [5.74, 6) is -0.0661. The van der Waals surface area contributed by atoms with Gasteiger partial charge in [-0.1, -0.05) is 12.1 Å². The van der Waals surface area contributed by atoms with Crippen LogP contribution in [0.5, 0.6) is 0 Å². The van der Waals surface area contributed by atoms with Crippen molar-refractivity contribution in [2.45, 2.75) is 26.0 Å². The molecule has 4 nitrogen and oxygen atoms in total. The Bertz CT molecular complexity index is 364. The molecule has 1 amide bonds. The highest BCUT2D eigenvalue weighted by Gasteiger charge is 2.05. The van der Waals surface area contributed by atoms with Crippen LogP contribution in [-0.2, 0) is 11.3 Å². The fraction of sp³-hybridized carbons (Fsp3) is 0.462. The van der Waals surface area contributed by atoms with Crippen molar-refractivity contribution in [3.8, 4) is 0 Å². The molecule has 1 atom stereocenters. The molecule has 1 unspecified atom stereocenters. The molecule has 0 aliphatic rings. The van der Waals surface area contributed by atoms with Crippen molar-refractivity contribution in [3.05, 3.63) is 35.4 Å². The monoisotopic (exact) mass is 236 g/mol. The molecule has 0 bridgehead atoms. The van der Waals surface area contributed by atoms with Crippen molar-refractivity contribution in [3.63, 3.8) is 0 Å². The van der Waals surface area contributed by atoms with Gasteiger partial charge in [-0.2, -0.15) is 0 Å². The number of ether oxygens (including phenoxy) is 1. The highest BCUT2D eigenvalue weighted by atomic mass is 16.5. The molecular weight excluding hydrogens is 216 g/mol. The lowest BCUT2D eigenvalue weighted by Gasteiger charge is -2.08. The molecular formula is C13H20N2O2. The van der Waals surface area contributed by atoms with Crippen LogP contribution in [0.25, 0.3) is 0 Å². The Morgan fingerprint density at radius 1 is 1.53 bits per heavy atom. The van der Waals surface area contributed by atoms with Gasteiger partial charge in [-0.05, 0) is 31.0 Å². The predicted molar refractivity (Wildman–Crippen MR) is 67.8 cm³/mol. The third-order valence-corrected chi connectivity index (χ3v) is 2.39. The van der Waals surface area contributed by atoms with Crippen LogP contribution < -0.4 is 11.1 Å². The zero-order chi connectivity index (χ0) is 12.7. The average molecular weight is 236 g/mol. The van der Waals surface area contributed by atoms with Crippen molar-refractivity contribution in [1.29, 1.82) is 0 Å². The maximum atomic E-state index is 11.8. The molecule has 17 heavy (non-hydrogen) atoms. The van der Waals surface area contributed by atoms with Crippen LogP contribution >= 0.6 is 0 Å². The number of nitrogens with two attached hydrogens (primary N) is 1. The van der Waals surface area contributed by atoms with Crippen LogP contribution in [0.2, 0.25) is 0 Å². The maximum Gasteiger partial charge on any atom is 0.251 e. The van der Waals surface area contributed by atoms with E-state index in [2.05, 4.69) is 5.32 Å². The van der Waals surface area contributed by atoms with Crippen molar-refractivity contribution in [2.24, 2.45) is 5.73 Å². The summed E-state index contributed by atoms with van der Waals surface area (Å²) in [6, 6.07) is 7.53. The van der Waals surface area contributed by atoms with Crippen molar-refractivity contribution in [1.82, 2.24) is 5.32 Å². The molecule has 0 heterocycles. The second kappa shape index (κ2) is 7.04. The summed E-state index contributed by atoms with van der Waals surface area (Å²) in [6.07, 6.45) is 0.781. The van der Waals surface area contributed by atoms with E-state index in [-0.39, 0.29) is 11.9 Å². The molecule has 0 saturated carbocycles. The van der Waals surface area contributed by atoms with E-state index in [1.54, 1.807) is 13.2 Å². The smallest absolute Gasteiger partial charge is 0.251 e. The zero-order valence-corrected chi connectivity index (χ0v) is 10.4. The molecule has 94 valence electrons. The predicted octanol–water partition coefficient (Wildman–Crippen LogP) is 1.30. The number of hydrogen-bond donors (Lipinski definition) is 2. The Hall–Kier alpha value is -1.39. The Kier molecular flexibility index (Phi) is 5.66. The van der Waals surface area contributed by atoms with Gasteiger partial charge < -0.3 is 15.8 Å². The molecule has 0 radical (unpaired) electrons. The fourth-order valence-electron chi connectivity index (χ4n) is 1.48. The fourth-order valence-corrected chi connectivity index (χ4v) is 1.48. The lowest BCUT2D eigenvalue weighted by molar-refractivity contribution is 0.0952. The number of nitrogens with one attached hydrogen (secondary N) is 1. The molecule has 4 heteroatoms. The normalized spacial score (nSPS) is 12.2. The summed E-state index contributed by atoms with van der Waals surface area (Å²) in [6.45, 7) is 3.04. The van der Waals surface area contributed by atoms with Crippen molar-refractivity contribution in [2.75, 3.05) is 13.7 Å². The molecule has 1 rings (SSSR count). The van der Waals surface area contributed by atoms with Gasteiger partial charge in [0.25, 0.3) is 5.91 Å². The van der Waals surface area contributed by atoms with E-state index < -0.39 is 0 Å². The lowest BCUT2D eigenvalue weighted by Crippen LogP contribution is -2.28. The van der Waals surface area contributed by atoms with Gasteiger partial charge in [0.2, 0.25) is 0 Å². The maximum absolute atomic E-state index is 11.8. The highest BCUT2D eigenvalue weighted by molar-refractivity contribution is 5.94. The summed E-state index contributed by atoms with van der Waals surface area (Å²) >= 11 is 0. The van der Waals surface area contributed by atoms with Gasteiger partial charge in [0, 0.05) is 25.3 Å². The van der Waals surface area contributed by atoms with Crippen LogP contribution in [0.15, 0.2) is 24.3 Å². The van der Waals surface area contributed by atoms with E-state index in [0.29, 0.717) is 18.7 Å². The first kappa shape index (κ1) is 13.7. The van der Waals surface area contributed by atoms with E-state index in [9.17, 15) is 4.79 Å². The number of hydrogen-bond acceptors (Lipinski definition) is 3. The average Bonchev–Trinajstić information content (AvgIpc) is 2.29. The summed E-state index contributed by atoms with van der Waals surface area (Å²) in [4.78, 5) is 11.8. The molecule has 0 aromatic heterocycles. The number of amides is 1. The Labute approximate surface area is 102 Å². The van der Waals surface area contributed by atoms with Crippen LogP contribution in [0.3, 0.4) is 0 Å². The molecule has 1 aromatic carbocycles. The molecule has 0 spiro atoms. The SMILES string of the molecule is COCc1cccc(C(=O)NCCC(C)N)c1. The van der Waals surface area contributed by atoms with Crippen molar-refractivity contribution >= 4 is 5.91 Å².